The zero-order valence-corrected chi connectivity index (χ0v) is 18.9. The molecule has 33 heavy (non-hydrogen) atoms. The summed E-state index contributed by atoms with van der Waals surface area (Å²) < 4.78 is 0. The molecule has 4 saturated heterocycles. The standard InChI is InChI=1S/C27H29N5O/c1-19-28-14-23(24(29-19)20-8-4-2-5-9-20)26(33)30-25-21-15-31-12-13-32(16-21)18-27(25,17-31)22-10-6-3-7-11-22/h2-11,14,21,25H,12-13,15-18H2,1H3,(H,30,33). The maximum atomic E-state index is 13.8. The Kier molecular flexibility index (Phi) is 5.00. The van der Waals surface area contributed by atoms with Crippen molar-refractivity contribution >= 4 is 5.91 Å². The summed E-state index contributed by atoms with van der Waals surface area (Å²) in [7, 11) is 0. The molecule has 3 atom stereocenters. The van der Waals surface area contributed by atoms with E-state index in [4.69, 9.17) is 0 Å². The average molecular weight is 440 g/mol. The molecule has 4 aliphatic heterocycles. The first-order chi connectivity index (χ1) is 16.1. The van der Waals surface area contributed by atoms with Gasteiger partial charge in [-0.15, -0.1) is 0 Å². The predicted octanol–water partition coefficient (Wildman–Crippen LogP) is 2.75. The monoisotopic (exact) mass is 439 g/mol. The van der Waals surface area contributed by atoms with Crippen LogP contribution >= 0.6 is 0 Å². The molecule has 0 saturated carbocycles. The van der Waals surface area contributed by atoms with Crippen LogP contribution in [0.3, 0.4) is 0 Å². The summed E-state index contributed by atoms with van der Waals surface area (Å²) in [6, 6.07) is 20.8. The first-order valence-corrected chi connectivity index (χ1v) is 11.8. The maximum Gasteiger partial charge on any atom is 0.255 e. The lowest BCUT2D eigenvalue weighted by molar-refractivity contribution is 0.0180. The third-order valence-electron chi connectivity index (χ3n) is 7.63. The summed E-state index contributed by atoms with van der Waals surface area (Å²) in [6.45, 7) is 8.10. The highest BCUT2D eigenvalue weighted by atomic mass is 16.1. The van der Waals surface area contributed by atoms with Gasteiger partial charge in [0.1, 0.15) is 5.82 Å². The molecule has 1 amide bonds. The van der Waals surface area contributed by atoms with Crippen molar-refractivity contribution in [2.45, 2.75) is 18.4 Å². The largest absolute Gasteiger partial charge is 0.348 e. The molecule has 0 aliphatic carbocycles. The van der Waals surface area contributed by atoms with Gasteiger partial charge in [0, 0.05) is 68.4 Å². The van der Waals surface area contributed by atoms with E-state index in [1.54, 1.807) is 6.20 Å². The number of nitrogens with one attached hydrogen (secondary N) is 1. The van der Waals surface area contributed by atoms with Gasteiger partial charge >= 0.3 is 0 Å². The lowest BCUT2D eigenvalue weighted by Gasteiger charge is -2.55. The smallest absolute Gasteiger partial charge is 0.255 e. The number of carbonyl (C=O) groups is 1. The van der Waals surface area contributed by atoms with Gasteiger partial charge in [0.2, 0.25) is 0 Å². The van der Waals surface area contributed by atoms with Gasteiger partial charge in [-0.05, 0) is 12.5 Å². The Morgan fingerprint density at radius 2 is 1.61 bits per heavy atom. The highest BCUT2D eigenvalue weighted by Gasteiger charge is 2.55. The Morgan fingerprint density at radius 1 is 0.970 bits per heavy atom. The lowest BCUT2D eigenvalue weighted by Crippen LogP contribution is -2.70. The molecule has 0 radical (unpaired) electrons. The summed E-state index contributed by atoms with van der Waals surface area (Å²) in [5.41, 5.74) is 3.38. The van der Waals surface area contributed by atoms with Crippen molar-refractivity contribution in [2.24, 2.45) is 5.92 Å². The topological polar surface area (TPSA) is 61.4 Å². The fourth-order valence-electron chi connectivity index (χ4n) is 6.24. The van der Waals surface area contributed by atoms with Crippen LogP contribution in [0.15, 0.2) is 66.9 Å². The van der Waals surface area contributed by atoms with E-state index in [2.05, 4.69) is 55.4 Å². The second-order valence-corrected chi connectivity index (χ2v) is 9.75. The number of hydrogen-bond donors (Lipinski definition) is 1. The van der Waals surface area contributed by atoms with Gasteiger partial charge in [0.05, 0.1) is 11.3 Å². The van der Waals surface area contributed by atoms with E-state index in [0.29, 0.717) is 23.0 Å². The van der Waals surface area contributed by atoms with Crippen LogP contribution < -0.4 is 5.32 Å². The number of nitrogens with zero attached hydrogens (tertiary/aromatic N) is 4. The van der Waals surface area contributed by atoms with Gasteiger partial charge in [-0.25, -0.2) is 9.97 Å². The minimum atomic E-state index is -0.118. The molecule has 7 rings (SSSR count). The highest BCUT2D eigenvalue weighted by molar-refractivity contribution is 6.00. The van der Waals surface area contributed by atoms with E-state index >= 15 is 0 Å². The number of piperidine rings is 2. The number of carbonyl (C=O) groups excluding carboxylic acids is 1. The fourth-order valence-corrected chi connectivity index (χ4v) is 6.24. The molecule has 168 valence electrons. The molecule has 4 bridgehead atoms. The minimum Gasteiger partial charge on any atom is -0.348 e. The fraction of sp³-hybridized carbons (Fsp3) is 0.370. The highest BCUT2D eigenvalue weighted by Crippen LogP contribution is 2.43. The Balaban J connectivity index is 1.39. The number of amides is 1. The van der Waals surface area contributed by atoms with Crippen LogP contribution in [0.25, 0.3) is 11.3 Å². The van der Waals surface area contributed by atoms with Gasteiger partial charge in [0.15, 0.2) is 0 Å². The molecule has 5 heterocycles. The van der Waals surface area contributed by atoms with Crippen molar-refractivity contribution in [3.63, 3.8) is 0 Å². The molecular formula is C27H29N5O. The molecular weight excluding hydrogens is 410 g/mol. The lowest BCUT2D eigenvalue weighted by atomic mass is 9.64. The van der Waals surface area contributed by atoms with Crippen LogP contribution in [-0.2, 0) is 5.41 Å². The van der Waals surface area contributed by atoms with Gasteiger partial charge < -0.3 is 15.1 Å². The molecule has 2 aromatic carbocycles. The number of aromatic nitrogens is 2. The SMILES string of the molecule is Cc1ncc(C(=O)NC2C3CN4CCN(C3)CC2(c2ccccc2)C4)c(-c2ccccc2)n1. The summed E-state index contributed by atoms with van der Waals surface area (Å²) in [5, 5.41) is 3.50. The third-order valence-corrected chi connectivity index (χ3v) is 7.63. The van der Waals surface area contributed by atoms with E-state index in [1.807, 2.05) is 37.3 Å². The van der Waals surface area contributed by atoms with Gasteiger partial charge in [-0.3, -0.25) is 4.79 Å². The van der Waals surface area contributed by atoms with Gasteiger partial charge in [-0.1, -0.05) is 60.7 Å². The number of aryl methyl sites for hydroxylation is 1. The van der Waals surface area contributed by atoms with Crippen molar-refractivity contribution in [3.8, 4) is 11.3 Å². The molecule has 1 aromatic heterocycles. The van der Waals surface area contributed by atoms with Crippen LogP contribution in [0.2, 0.25) is 0 Å². The molecule has 3 aromatic rings. The molecule has 6 nitrogen and oxygen atoms in total. The van der Waals surface area contributed by atoms with Crippen molar-refractivity contribution in [2.75, 3.05) is 39.3 Å². The van der Waals surface area contributed by atoms with Crippen molar-refractivity contribution in [1.29, 1.82) is 0 Å². The molecule has 3 unspecified atom stereocenters. The molecule has 4 fully saturated rings. The van der Waals surface area contributed by atoms with Crippen LogP contribution in [0.1, 0.15) is 21.7 Å². The number of rotatable bonds is 4. The predicted molar refractivity (Wildman–Crippen MR) is 128 cm³/mol. The van der Waals surface area contributed by atoms with Crippen molar-refractivity contribution < 1.29 is 4.79 Å². The van der Waals surface area contributed by atoms with E-state index in [9.17, 15) is 4.79 Å². The van der Waals surface area contributed by atoms with Crippen LogP contribution in [-0.4, -0.2) is 71.0 Å². The Labute approximate surface area is 194 Å². The van der Waals surface area contributed by atoms with E-state index < -0.39 is 0 Å². The maximum absolute atomic E-state index is 13.8. The van der Waals surface area contributed by atoms with Crippen molar-refractivity contribution in [3.05, 3.63) is 83.8 Å². The number of fused-ring (bicyclic) bond motifs is 1. The Bertz CT molecular complexity index is 1150. The van der Waals surface area contributed by atoms with Crippen LogP contribution in [0.4, 0.5) is 0 Å². The second kappa shape index (κ2) is 8.04. The average Bonchev–Trinajstić information content (AvgIpc) is 3.10. The van der Waals surface area contributed by atoms with Gasteiger partial charge in [0.25, 0.3) is 5.91 Å². The first kappa shape index (κ1) is 20.5. The normalized spacial score (nSPS) is 30.1. The van der Waals surface area contributed by atoms with Crippen LogP contribution in [0, 0.1) is 12.8 Å². The first-order valence-electron chi connectivity index (χ1n) is 11.8. The molecule has 0 spiro atoms. The molecule has 1 N–H and O–H groups in total. The van der Waals surface area contributed by atoms with E-state index in [0.717, 1.165) is 44.8 Å². The van der Waals surface area contributed by atoms with Crippen LogP contribution in [0.5, 0.6) is 0 Å². The second-order valence-electron chi connectivity index (χ2n) is 9.75. The summed E-state index contributed by atoms with van der Waals surface area (Å²) in [6.07, 6.45) is 1.69. The summed E-state index contributed by atoms with van der Waals surface area (Å²) in [4.78, 5) is 28.0. The number of hydrogen-bond acceptors (Lipinski definition) is 5. The van der Waals surface area contributed by atoms with Crippen molar-refractivity contribution in [1.82, 2.24) is 25.1 Å². The quantitative estimate of drug-likeness (QED) is 0.677. The Morgan fingerprint density at radius 3 is 2.27 bits per heavy atom. The van der Waals surface area contributed by atoms with E-state index in [1.165, 1.54) is 5.56 Å². The third kappa shape index (κ3) is 3.54. The Hall–Kier alpha value is -3.09. The molecule has 4 aliphatic rings. The zero-order chi connectivity index (χ0) is 22.4. The minimum absolute atomic E-state index is 0.0722. The zero-order valence-electron chi connectivity index (χ0n) is 18.9. The molecule has 6 heteroatoms. The summed E-state index contributed by atoms with van der Waals surface area (Å²) in [5.74, 6) is 0.980. The van der Waals surface area contributed by atoms with Gasteiger partial charge in [-0.2, -0.15) is 0 Å². The van der Waals surface area contributed by atoms with E-state index in [-0.39, 0.29) is 17.4 Å². The number of benzene rings is 2. The summed E-state index contributed by atoms with van der Waals surface area (Å²) >= 11 is 0.